The van der Waals surface area contributed by atoms with E-state index in [1.165, 1.54) is 12.8 Å². The van der Waals surface area contributed by atoms with E-state index in [1.807, 2.05) is 24.3 Å². The molecule has 0 radical (unpaired) electrons. The van der Waals surface area contributed by atoms with E-state index in [2.05, 4.69) is 5.32 Å². The van der Waals surface area contributed by atoms with Crippen LogP contribution in [0.4, 0.5) is 0 Å². The Labute approximate surface area is 95.5 Å². The third-order valence-corrected chi connectivity index (χ3v) is 2.83. The lowest BCUT2D eigenvalue weighted by Gasteiger charge is -2.06. The fraction of sp³-hybridized carbons (Fsp3) is 0.462. The van der Waals surface area contributed by atoms with Crippen LogP contribution in [0.25, 0.3) is 0 Å². The molecule has 1 aliphatic carbocycles. The van der Waals surface area contributed by atoms with Crippen molar-refractivity contribution in [3.63, 3.8) is 0 Å². The molecule has 1 amide bonds. The second-order valence-corrected chi connectivity index (χ2v) is 4.40. The highest BCUT2D eigenvalue weighted by molar-refractivity contribution is 5.76. The molecule has 1 saturated carbocycles. The monoisotopic (exact) mass is 219 g/mol. The summed E-state index contributed by atoms with van der Waals surface area (Å²) in [5, 5.41) is 11.9. The van der Waals surface area contributed by atoms with Gasteiger partial charge in [0, 0.05) is 13.0 Å². The van der Waals surface area contributed by atoms with E-state index in [4.69, 9.17) is 5.11 Å². The quantitative estimate of drug-likeness (QED) is 0.790. The predicted octanol–water partition coefficient (Wildman–Crippen LogP) is 1.60. The van der Waals surface area contributed by atoms with E-state index in [-0.39, 0.29) is 12.5 Å². The second-order valence-electron chi connectivity index (χ2n) is 4.40. The first-order chi connectivity index (χ1) is 7.78. The van der Waals surface area contributed by atoms with E-state index in [0.29, 0.717) is 18.9 Å². The fourth-order valence-corrected chi connectivity index (χ4v) is 1.69. The topological polar surface area (TPSA) is 49.3 Å². The summed E-state index contributed by atoms with van der Waals surface area (Å²) in [6.45, 7) is 0.600. The Balaban J connectivity index is 1.80. The molecule has 1 aliphatic rings. The van der Waals surface area contributed by atoms with Crippen LogP contribution in [-0.2, 0) is 17.9 Å². The van der Waals surface area contributed by atoms with Crippen LogP contribution in [0, 0.1) is 5.92 Å². The first-order valence-electron chi connectivity index (χ1n) is 5.73. The van der Waals surface area contributed by atoms with Crippen molar-refractivity contribution in [3.8, 4) is 0 Å². The highest BCUT2D eigenvalue weighted by Gasteiger charge is 2.23. The van der Waals surface area contributed by atoms with Gasteiger partial charge >= 0.3 is 0 Å². The molecule has 16 heavy (non-hydrogen) atoms. The highest BCUT2D eigenvalue weighted by atomic mass is 16.3. The van der Waals surface area contributed by atoms with Gasteiger partial charge in [0.2, 0.25) is 5.91 Å². The molecule has 0 aliphatic heterocycles. The van der Waals surface area contributed by atoms with Crippen molar-refractivity contribution in [1.29, 1.82) is 0 Å². The first kappa shape index (κ1) is 11.1. The molecule has 0 bridgehead atoms. The van der Waals surface area contributed by atoms with Gasteiger partial charge < -0.3 is 10.4 Å². The lowest BCUT2D eigenvalue weighted by molar-refractivity contribution is -0.121. The van der Waals surface area contributed by atoms with Gasteiger partial charge in [-0.05, 0) is 29.9 Å². The Morgan fingerprint density at radius 3 is 2.81 bits per heavy atom. The minimum absolute atomic E-state index is 0.0455. The number of amides is 1. The number of carbonyl (C=O) groups is 1. The van der Waals surface area contributed by atoms with Crippen molar-refractivity contribution >= 4 is 5.91 Å². The molecule has 1 fully saturated rings. The Kier molecular flexibility index (Phi) is 3.57. The number of carbonyl (C=O) groups excluding carboxylic acids is 1. The maximum Gasteiger partial charge on any atom is 0.220 e. The summed E-state index contributed by atoms with van der Waals surface area (Å²) in [5.74, 6) is 0.765. The molecule has 2 rings (SSSR count). The van der Waals surface area contributed by atoms with Crippen molar-refractivity contribution < 1.29 is 9.90 Å². The SMILES string of the molecule is O=C(CC1CC1)NCc1cccc(CO)c1. The average Bonchev–Trinajstić information content (AvgIpc) is 3.10. The van der Waals surface area contributed by atoms with Gasteiger partial charge in [0.15, 0.2) is 0 Å². The van der Waals surface area contributed by atoms with E-state index in [9.17, 15) is 4.79 Å². The fourth-order valence-electron chi connectivity index (χ4n) is 1.69. The van der Waals surface area contributed by atoms with Crippen LogP contribution < -0.4 is 5.32 Å². The molecule has 86 valence electrons. The predicted molar refractivity (Wildman–Crippen MR) is 61.6 cm³/mol. The zero-order chi connectivity index (χ0) is 11.4. The number of nitrogens with one attached hydrogen (secondary N) is 1. The minimum atomic E-state index is 0.0455. The molecule has 0 heterocycles. The number of hydrogen-bond acceptors (Lipinski definition) is 2. The van der Waals surface area contributed by atoms with Crippen LogP contribution in [-0.4, -0.2) is 11.0 Å². The lowest BCUT2D eigenvalue weighted by Crippen LogP contribution is -2.22. The van der Waals surface area contributed by atoms with E-state index in [1.54, 1.807) is 0 Å². The van der Waals surface area contributed by atoms with Crippen LogP contribution in [0.3, 0.4) is 0 Å². The summed E-state index contributed by atoms with van der Waals surface area (Å²) in [4.78, 5) is 11.5. The van der Waals surface area contributed by atoms with Gasteiger partial charge in [-0.25, -0.2) is 0 Å². The number of rotatable bonds is 5. The highest BCUT2D eigenvalue weighted by Crippen LogP contribution is 2.32. The van der Waals surface area contributed by atoms with Crippen LogP contribution in [0.5, 0.6) is 0 Å². The van der Waals surface area contributed by atoms with Crippen molar-refractivity contribution in [3.05, 3.63) is 35.4 Å². The van der Waals surface area contributed by atoms with E-state index >= 15 is 0 Å². The largest absolute Gasteiger partial charge is 0.392 e. The number of aliphatic hydroxyl groups excluding tert-OH is 1. The summed E-state index contributed by atoms with van der Waals surface area (Å²) in [6, 6.07) is 7.64. The van der Waals surface area contributed by atoms with Crippen molar-refractivity contribution in [2.45, 2.75) is 32.4 Å². The third-order valence-electron chi connectivity index (χ3n) is 2.83. The van der Waals surface area contributed by atoms with Gasteiger partial charge in [-0.1, -0.05) is 24.3 Å². The molecule has 1 aromatic carbocycles. The minimum Gasteiger partial charge on any atom is -0.392 e. The second kappa shape index (κ2) is 5.12. The molecule has 3 heteroatoms. The van der Waals surface area contributed by atoms with Gasteiger partial charge in [-0.2, -0.15) is 0 Å². The van der Waals surface area contributed by atoms with Crippen LogP contribution in [0.2, 0.25) is 0 Å². The molecule has 1 aromatic rings. The van der Waals surface area contributed by atoms with Gasteiger partial charge in [0.1, 0.15) is 0 Å². The van der Waals surface area contributed by atoms with Crippen LogP contribution >= 0.6 is 0 Å². The molecule has 0 atom stereocenters. The Hall–Kier alpha value is -1.35. The summed E-state index contributed by atoms with van der Waals surface area (Å²) < 4.78 is 0. The van der Waals surface area contributed by atoms with Gasteiger partial charge in [-0.15, -0.1) is 0 Å². The molecule has 0 aromatic heterocycles. The smallest absolute Gasteiger partial charge is 0.220 e. The molecular formula is C13H17NO2. The maximum atomic E-state index is 11.5. The third kappa shape index (κ3) is 3.35. The molecule has 0 spiro atoms. The van der Waals surface area contributed by atoms with Gasteiger partial charge in [-0.3, -0.25) is 4.79 Å². The lowest BCUT2D eigenvalue weighted by atomic mass is 10.1. The normalized spacial score (nSPS) is 14.8. The summed E-state index contributed by atoms with van der Waals surface area (Å²) >= 11 is 0. The van der Waals surface area contributed by atoms with E-state index < -0.39 is 0 Å². The van der Waals surface area contributed by atoms with Crippen molar-refractivity contribution in [2.75, 3.05) is 0 Å². The summed E-state index contributed by atoms with van der Waals surface area (Å²) in [5.41, 5.74) is 1.92. The first-order valence-corrected chi connectivity index (χ1v) is 5.73. The van der Waals surface area contributed by atoms with Crippen LogP contribution in [0.1, 0.15) is 30.4 Å². The Morgan fingerprint density at radius 2 is 2.12 bits per heavy atom. The Morgan fingerprint density at radius 1 is 1.38 bits per heavy atom. The molecule has 2 N–H and O–H groups in total. The molecule has 0 saturated heterocycles. The summed E-state index contributed by atoms with van der Waals surface area (Å²) in [7, 11) is 0. The molecule has 3 nitrogen and oxygen atoms in total. The zero-order valence-corrected chi connectivity index (χ0v) is 9.28. The number of aliphatic hydroxyl groups is 1. The van der Waals surface area contributed by atoms with Gasteiger partial charge in [0.25, 0.3) is 0 Å². The van der Waals surface area contributed by atoms with Crippen molar-refractivity contribution in [1.82, 2.24) is 5.32 Å². The zero-order valence-electron chi connectivity index (χ0n) is 9.28. The van der Waals surface area contributed by atoms with Gasteiger partial charge in [0.05, 0.1) is 6.61 Å². The molecule has 0 unspecified atom stereocenters. The van der Waals surface area contributed by atoms with Crippen LogP contribution in [0.15, 0.2) is 24.3 Å². The number of benzene rings is 1. The summed E-state index contributed by atoms with van der Waals surface area (Å²) in [6.07, 6.45) is 3.07. The molecular weight excluding hydrogens is 202 g/mol. The maximum absolute atomic E-state index is 11.5. The van der Waals surface area contributed by atoms with E-state index in [0.717, 1.165) is 11.1 Å². The number of hydrogen-bond donors (Lipinski definition) is 2. The average molecular weight is 219 g/mol. The van der Waals surface area contributed by atoms with Crippen molar-refractivity contribution in [2.24, 2.45) is 5.92 Å². The standard InChI is InChI=1S/C13H17NO2/c15-9-12-3-1-2-11(6-12)8-14-13(16)7-10-4-5-10/h1-3,6,10,15H,4-5,7-9H2,(H,14,16). The Bertz CT molecular complexity index is 372.